The number of rotatable bonds is 4. The highest BCUT2D eigenvalue weighted by Crippen LogP contribution is 2.11. The first-order valence-electron chi connectivity index (χ1n) is 6.15. The van der Waals surface area contributed by atoms with Crippen LogP contribution in [0.1, 0.15) is 23.9 Å². The van der Waals surface area contributed by atoms with E-state index in [0.29, 0.717) is 23.6 Å². The summed E-state index contributed by atoms with van der Waals surface area (Å²) in [7, 11) is 0. The molecule has 0 bridgehead atoms. The quantitative estimate of drug-likeness (QED) is 0.891. The van der Waals surface area contributed by atoms with E-state index in [-0.39, 0.29) is 17.7 Å². The molecule has 0 aliphatic heterocycles. The van der Waals surface area contributed by atoms with E-state index in [9.17, 15) is 9.18 Å². The van der Waals surface area contributed by atoms with Crippen molar-refractivity contribution < 1.29 is 4.39 Å². The van der Waals surface area contributed by atoms with Gasteiger partial charge in [0.05, 0.1) is 11.6 Å². The molecule has 102 valence electrons. The second kappa shape index (κ2) is 5.97. The average molecular weight is 272 g/mol. The highest BCUT2D eigenvalue weighted by atomic mass is 19.1. The zero-order valence-corrected chi connectivity index (χ0v) is 10.9. The number of hydrogen-bond donors (Lipinski definition) is 2. The number of nitrogens with zero attached hydrogens (tertiary/aromatic N) is 2. The van der Waals surface area contributed by atoms with Crippen LogP contribution in [-0.2, 0) is 13.0 Å². The van der Waals surface area contributed by atoms with Crippen molar-refractivity contribution in [3.63, 3.8) is 0 Å². The summed E-state index contributed by atoms with van der Waals surface area (Å²) in [6, 6.07) is 7.45. The minimum Gasteiger partial charge on any atom is -0.366 e. The molecule has 0 unspecified atom stereocenters. The lowest BCUT2D eigenvalue weighted by Gasteiger charge is -2.07. The molecule has 0 fully saturated rings. The van der Waals surface area contributed by atoms with Crippen LogP contribution in [0.25, 0.3) is 0 Å². The summed E-state index contributed by atoms with van der Waals surface area (Å²) >= 11 is 0. The Kier molecular flexibility index (Phi) is 4.11. The van der Waals surface area contributed by atoms with Crippen molar-refractivity contribution in [3.8, 4) is 6.07 Å². The van der Waals surface area contributed by atoms with E-state index < -0.39 is 5.82 Å². The molecule has 0 radical (unpaired) electrons. The monoisotopic (exact) mass is 272 g/mol. The van der Waals surface area contributed by atoms with E-state index in [4.69, 9.17) is 5.26 Å². The van der Waals surface area contributed by atoms with Crippen molar-refractivity contribution >= 4 is 5.82 Å². The van der Waals surface area contributed by atoms with Crippen LogP contribution in [-0.4, -0.2) is 9.97 Å². The zero-order chi connectivity index (χ0) is 14.5. The van der Waals surface area contributed by atoms with Crippen molar-refractivity contribution in [1.29, 1.82) is 5.26 Å². The molecule has 0 atom stereocenters. The maximum Gasteiger partial charge on any atom is 0.252 e. The third-order valence-corrected chi connectivity index (χ3v) is 2.77. The Bertz CT molecular complexity index is 718. The van der Waals surface area contributed by atoms with E-state index in [2.05, 4.69) is 15.3 Å². The van der Waals surface area contributed by atoms with E-state index in [1.165, 1.54) is 18.2 Å². The van der Waals surface area contributed by atoms with Crippen molar-refractivity contribution in [2.75, 3.05) is 5.32 Å². The summed E-state index contributed by atoms with van der Waals surface area (Å²) in [4.78, 5) is 18.2. The fourth-order valence-electron chi connectivity index (χ4n) is 1.71. The largest absolute Gasteiger partial charge is 0.366 e. The molecule has 6 heteroatoms. The normalized spacial score (nSPS) is 10.1. The van der Waals surface area contributed by atoms with Gasteiger partial charge >= 0.3 is 0 Å². The van der Waals surface area contributed by atoms with E-state index in [1.807, 2.05) is 13.0 Å². The molecule has 5 nitrogen and oxygen atoms in total. The van der Waals surface area contributed by atoms with Gasteiger partial charge in [0.25, 0.3) is 5.56 Å². The molecule has 2 aromatic rings. The number of hydrogen-bond acceptors (Lipinski definition) is 4. The van der Waals surface area contributed by atoms with Crippen molar-refractivity contribution in [3.05, 3.63) is 57.4 Å². The zero-order valence-electron chi connectivity index (χ0n) is 10.9. The van der Waals surface area contributed by atoms with Crippen LogP contribution in [0.2, 0.25) is 0 Å². The molecule has 0 saturated carbocycles. The number of anilines is 1. The Balaban J connectivity index is 2.15. The van der Waals surface area contributed by atoms with Gasteiger partial charge in [-0.1, -0.05) is 13.0 Å². The number of halogens is 1. The lowest BCUT2D eigenvalue weighted by molar-refractivity contribution is 0.612. The molecule has 20 heavy (non-hydrogen) atoms. The number of nitriles is 1. The molecular weight excluding hydrogens is 259 g/mol. The predicted molar refractivity (Wildman–Crippen MR) is 72.7 cm³/mol. The van der Waals surface area contributed by atoms with Gasteiger partial charge in [-0.15, -0.1) is 0 Å². The van der Waals surface area contributed by atoms with Crippen LogP contribution in [0, 0.1) is 17.1 Å². The number of aromatic nitrogens is 2. The SMILES string of the molecule is CCc1nc(NCc2ccc(C#N)cc2F)cc(=O)[nH]1. The molecular formula is C14H13FN4O. The van der Waals surface area contributed by atoms with Crippen molar-refractivity contribution in [1.82, 2.24) is 9.97 Å². The highest BCUT2D eigenvalue weighted by molar-refractivity contribution is 5.37. The summed E-state index contributed by atoms with van der Waals surface area (Å²) in [5, 5.41) is 11.6. The van der Waals surface area contributed by atoms with Crippen LogP contribution in [0.3, 0.4) is 0 Å². The van der Waals surface area contributed by atoms with E-state index in [1.54, 1.807) is 6.07 Å². The smallest absolute Gasteiger partial charge is 0.252 e. The lowest BCUT2D eigenvalue weighted by atomic mass is 10.1. The second-order valence-electron chi connectivity index (χ2n) is 4.20. The number of benzene rings is 1. The molecule has 0 aliphatic carbocycles. The van der Waals surface area contributed by atoms with Gasteiger partial charge in [-0.25, -0.2) is 9.37 Å². The van der Waals surface area contributed by atoms with Gasteiger partial charge in [0.2, 0.25) is 0 Å². The Morgan fingerprint density at radius 2 is 2.25 bits per heavy atom. The number of H-pyrrole nitrogens is 1. The first-order chi connectivity index (χ1) is 9.62. The molecule has 2 N–H and O–H groups in total. The Labute approximate surface area is 115 Å². The van der Waals surface area contributed by atoms with Gasteiger partial charge in [-0.2, -0.15) is 5.26 Å². The Hall–Kier alpha value is -2.68. The molecule has 1 heterocycles. The summed E-state index contributed by atoms with van der Waals surface area (Å²) in [5.41, 5.74) is 0.428. The molecule has 1 aromatic heterocycles. The summed E-state index contributed by atoms with van der Waals surface area (Å²) < 4.78 is 13.7. The van der Waals surface area contributed by atoms with Crippen LogP contribution < -0.4 is 10.9 Å². The number of aromatic amines is 1. The van der Waals surface area contributed by atoms with Crippen molar-refractivity contribution in [2.24, 2.45) is 0 Å². The third-order valence-electron chi connectivity index (χ3n) is 2.77. The minimum absolute atomic E-state index is 0.192. The summed E-state index contributed by atoms with van der Waals surface area (Å²) in [6.45, 7) is 2.07. The second-order valence-corrected chi connectivity index (χ2v) is 4.20. The molecule has 0 spiro atoms. The first-order valence-corrected chi connectivity index (χ1v) is 6.15. The van der Waals surface area contributed by atoms with E-state index >= 15 is 0 Å². The van der Waals surface area contributed by atoms with Gasteiger partial charge in [0.1, 0.15) is 17.5 Å². The predicted octanol–water partition coefficient (Wildman–Crippen LogP) is 1.96. The number of aryl methyl sites for hydroxylation is 1. The molecule has 0 aliphatic rings. The minimum atomic E-state index is -0.461. The third kappa shape index (κ3) is 3.20. The Morgan fingerprint density at radius 1 is 1.45 bits per heavy atom. The van der Waals surface area contributed by atoms with Crippen LogP contribution in [0.5, 0.6) is 0 Å². The fourth-order valence-corrected chi connectivity index (χ4v) is 1.71. The van der Waals surface area contributed by atoms with Crippen molar-refractivity contribution in [2.45, 2.75) is 19.9 Å². The van der Waals surface area contributed by atoms with E-state index in [0.717, 1.165) is 0 Å². The average Bonchev–Trinajstić information content (AvgIpc) is 2.45. The van der Waals surface area contributed by atoms with Gasteiger partial charge in [0.15, 0.2) is 0 Å². The first kappa shape index (κ1) is 13.7. The van der Waals surface area contributed by atoms with Gasteiger partial charge in [-0.3, -0.25) is 4.79 Å². The molecule has 0 amide bonds. The van der Waals surface area contributed by atoms with Crippen LogP contribution in [0.15, 0.2) is 29.1 Å². The van der Waals surface area contributed by atoms with Gasteiger partial charge in [-0.05, 0) is 12.1 Å². The maximum atomic E-state index is 13.7. The maximum absolute atomic E-state index is 13.7. The highest BCUT2D eigenvalue weighted by Gasteiger charge is 2.05. The molecule has 2 rings (SSSR count). The van der Waals surface area contributed by atoms with Crippen LogP contribution >= 0.6 is 0 Å². The van der Waals surface area contributed by atoms with Gasteiger partial charge in [0, 0.05) is 24.6 Å². The summed E-state index contributed by atoms with van der Waals surface area (Å²) in [5.74, 6) is 0.506. The lowest BCUT2D eigenvalue weighted by Crippen LogP contribution is -2.13. The topological polar surface area (TPSA) is 81.6 Å². The summed E-state index contributed by atoms with van der Waals surface area (Å²) in [6.07, 6.45) is 0.607. The van der Waals surface area contributed by atoms with Gasteiger partial charge < -0.3 is 10.3 Å². The number of nitrogens with one attached hydrogen (secondary N) is 2. The van der Waals surface area contributed by atoms with Crippen LogP contribution in [0.4, 0.5) is 10.2 Å². The Morgan fingerprint density at radius 3 is 2.90 bits per heavy atom. The molecule has 1 aromatic carbocycles. The standard InChI is InChI=1S/C14H13FN4O/c1-2-12-18-13(6-14(20)19-12)17-8-10-4-3-9(7-16)5-11(10)15/h3-6H,2,8H2,1H3,(H2,17,18,19,20). The fraction of sp³-hybridized carbons (Fsp3) is 0.214. The molecule has 0 saturated heterocycles.